The maximum atomic E-state index is 12.1. The van der Waals surface area contributed by atoms with Crippen molar-refractivity contribution < 1.29 is 8.42 Å². The van der Waals surface area contributed by atoms with Gasteiger partial charge in [0.1, 0.15) is 0 Å². The average molecular weight is 317 g/mol. The van der Waals surface area contributed by atoms with Crippen LogP contribution in [0.1, 0.15) is 48.0 Å². The molecule has 1 rings (SSSR count). The fourth-order valence-corrected chi connectivity index (χ4v) is 3.24. The van der Waals surface area contributed by atoms with Gasteiger partial charge in [-0.2, -0.15) is 0 Å². The number of likely N-dealkylation sites (tertiary alicyclic amines) is 1. The molecule has 0 atom stereocenters. The van der Waals surface area contributed by atoms with Crippen LogP contribution >= 0.6 is 0 Å². The van der Waals surface area contributed by atoms with E-state index in [1.807, 2.05) is 6.92 Å². The smallest absolute Gasteiger partial charge is 0.193 e. The lowest BCUT2D eigenvalue weighted by atomic mass is 9.93. The van der Waals surface area contributed by atoms with E-state index in [0.29, 0.717) is 12.0 Å². The highest BCUT2D eigenvalue weighted by molar-refractivity contribution is 7.92. The van der Waals surface area contributed by atoms with Gasteiger partial charge >= 0.3 is 0 Å². The van der Waals surface area contributed by atoms with Gasteiger partial charge in [0.05, 0.1) is 17.0 Å². The molecule has 0 bridgehead atoms. The first-order valence-electron chi connectivity index (χ1n) is 7.74. The second kappa shape index (κ2) is 6.55. The van der Waals surface area contributed by atoms with Crippen LogP contribution < -0.4 is 5.32 Å². The molecule has 1 heterocycles. The Hall–Kier alpha value is -0.780. The van der Waals surface area contributed by atoms with Crippen LogP contribution in [0.3, 0.4) is 0 Å². The maximum Gasteiger partial charge on any atom is 0.193 e. The van der Waals surface area contributed by atoms with E-state index in [9.17, 15) is 8.42 Å². The van der Waals surface area contributed by atoms with Crippen molar-refractivity contribution >= 4 is 15.8 Å². The highest BCUT2D eigenvalue weighted by Crippen LogP contribution is 2.28. The fraction of sp³-hybridized carbons (Fsp3) is 0.933. The third-order valence-corrected chi connectivity index (χ3v) is 6.45. The number of sulfone groups is 1. The molecule has 0 saturated carbocycles. The zero-order chi connectivity index (χ0) is 16.3. The van der Waals surface area contributed by atoms with Gasteiger partial charge in [0.25, 0.3) is 0 Å². The molecule has 6 heteroatoms. The lowest BCUT2D eigenvalue weighted by Crippen LogP contribution is -2.41. The monoisotopic (exact) mass is 317 g/mol. The van der Waals surface area contributed by atoms with E-state index in [2.05, 4.69) is 29.1 Å². The van der Waals surface area contributed by atoms with Crippen LogP contribution in [0, 0.1) is 5.41 Å². The molecule has 0 aromatic heterocycles. The minimum absolute atomic E-state index is 0.0998. The molecule has 0 unspecified atom stereocenters. The first kappa shape index (κ1) is 18.3. The van der Waals surface area contributed by atoms with Gasteiger partial charge in [0.15, 0.2) is 15.8 Å². The molecular formula is C15H31N3O2S. The van der Waals surface area contributed by atoms with Gasteiger partial charge in [0.2, 0.25) is 0 Å². The number of hydrogen-bond donors (Lipinski definition) is 1. The number of nitrogens with zero attached hydrogens (tertiary/aromatic N) is 2. The number of nitrogens with one attached hydrogen (secondary N) is 1. The van der Waals surface area contributed by atoms with Crippen LogP contribution in [-0.2, 0) is 9.84 Å². The van der Waals surface area contributed by atoms with Crippen molar-refractivity contribution in [3.63, 3.8) is 0 Å². The summed E-state index contributed by atoms with van der Waals surface area (Å²) in [7, 11) is -3.11. The average Bonchev–Trinajstić information content (AvgIpc) is 2.67. The van der Waals surface area contributed by atoms with Crippen LogP contribution in [0.25, 0.3) is 0 Å². The highest BCUT2D eigenvalue weighted by Gasteiger charge is 2.31. The van der Waals surface area contributed by atoms with E-state index in [1.165, 1.54) is 0 Å². The van der Waals surface area contributed by atoms with Crippen molar-refractivity contribution in [1.29, 1.82) is 0 Å². The van der Waals surface area contributed by atoms with Crippen LogP contribution in [-0.4, -0.2) is 56.0 Å². The van der Waals surface area contributed by atoms with Gasteiger partial charge in [-0.3, -0.25) is 4.99 Å². The summed E-state index contributed by atoms with van der Waals surface area (Å²) in [4.78, 5) is 6.74. The topological polar surface area (TPSA) is 61.8 Å². The van der Waals surface area contributed by atoms with E-state index in [-0.39, 0.29) is 5.75 Å². The summed E-state index contributed by atoms with van der Waals surface area (Å²) in [5, 5.41) is 3.27. The van der Waals surface area contributed by atoms with Crippen molar-refractivity contribution in [2.45, 2.75) is 52.7 Å². The molecule has 1 fully saturated rings. The molecule has 1 aliphatic heterocycles. The maximum absolute atomic E-state index is 12.1. The van der Waals surface area contributed by atoms with E-state index >= 15 is 0 Å². The molecule has 1 aliphatic rings. The summed E-state index contributed by atoms with van der Waals surface area (Å²) in [6.07, 6.45) is 1.14. The molecule has 0 spiro atoms. The first-order valence-corrected chi connectivity index (χ1v) is 9.39. The molecule has 1 N–H and O–H groups in total. The standard InChI is InChI=1S/C15H31N3O2S/c1-7-16-13(18-10-8-15(5,6)12-18)17-9-11-21(19,20)14(2,3)4/h7-12H2,1-6H3,(H,16,17). The lowest BCUT2D eigenvalue weighted by Gasteiger charge is -2.24. The van der Waals surface area contributed by atoms with Gasteiger partial charge in [-0.1, -0.05) is 13.8 Å². The summed E-state index contributed by atoms with van der Waals surface area (Å²) in [5.41, 5.74) is 0.299. The van der Waals surface area contributed by atoms with E-state index in [0.717, 1.165) is 32.0 Å². The molecule has 5 nitrogen and oxygen atoms in total. The second-order valence-corrected chi connectivity index (χ2v) is 10.4. The SMILES string of the molecule is CCNC(=NCCS(=O)(=O)C(C)(C)C)N1CCC(C)(C)C1. The summed E-state index contributed by atoms with van der Waals surface area (Å²) in [5.74, 6) is 0.940. The van der Waals surface area contributed by atoms with Crippen molar-refractivity contribution in [3.8, 4) is 0 Å². The first-order chi connectivity index (χ1) is 9.48. The molecule has 0 radical (unpaired) electrons. The lowest BCUT2D eigenvalue weighted by molar-refractivity contribution is 0.370. The van der Waals surface area contributed by atoms with Crippen molar-refractivity contribution in [1.82, 2.24) is 10.2 Å². The minimum atomic E-state index is -3.11. The molecule has 0 amide bonds. The van der Waals surface area contributed by atoms with E-state index in [4.69, 9.17) is 0 Å². The van der Waals surface area contributed by atoms with Gasteiger partial charge < -0.3 is 10.2 Å². The Kier molecular flexibility index (Phi) is 5.69. The van der Waals surface area contributed by atoms with Gasteiger partial charge in [-0.15, -0.1) is 0 Å². The largest absolute Gasteiger partial charge is 0.357 e. The number of guanidine groups is 1. The van der Waals surface area contributed by atoms with Crippen LogP contribution in [0.2, 0.25) is 0 Å². The van der Waals surface area contributed by atoms with Gasteiger partial charge in [0, 0.05) is 19.6 Å². The Bertz CT molecular complexity index is 476. The summed E-state index contributed by atoms with van der Waals surface area (Å²) >= 11 is 0. The Labute approximate surface area is 130 Å². The van der Waals surface area contributed by atoms with E-state index in [1.54, 1.807) is 20.8 Å². The Morgan fingerprint density at radius 2 is 1.95 bits per heavy atom. The molecule has 124 valence electrons. The number of aliphatic imine (C=N–C) groups is 1. The minimum Gasteiger partial charge on any atom is -0.357 e. The fourth-order valence-electron chi connectivity index (χ4n) is 2.30. The number of rotatable bonds is 4. The summed E-state index contributed by atoms with van der Waals surface area (Å²) < 4.78 is 23.5. The van der Waals surface area contributed by atoms with Crippen LogP contribution in [0.4, 0.5) is 0 Å². The Morgan fingerprint density at radius 3 is 2.38 bits per heavy atom. The predicted octanol–water partition coefficient (Wildman–Crippen LogP) is 1.90. The molecule has 21 heavy (non-hydrogen) atoms. The number of hydrogen-bond acceptors (Lipinski definition) is 3. The van der Waals surface area contributed by atoms with Gasteiger partial charge in [-0.25, -0.2) is 8.42 Å². The van der Waals surface area contributed by atoms with Gasteiger partial charge in [-0.05, 0) is 39.5 Å². The second-order valence-electron chi connectivity index (χ2n) is 7.50. The Balaban J connectivity index is 2.70. The molecule has 1 saturated heterocycles. The van der Waals surface area contributed by atoms with Crippen LogP contribution in [0.15, 0.2) is 4.99 Å². The highest BCUT2D eigenvalue weighted by atomic mass is 32.2. The zero-order valence-corrected chi connectivity index (χ0v) is 15.2. The van der Waals surface area contributed by atoms with E-state index < -0.39 is 14.6 Å². The molecule has 0 aromatic carbocycles. The third-order valence-electron chi connectivity index (χ3n) is 3.87. The normalized spacial score (nSPS) is 19.9. The predicted molar refractivity (Wildman–Crippen MR) is 89.5 cm³/mol. The Morgan fingerprint density at radius 1 is 1.33 bits per heavy atom. The van der Waals surface area contributed by atoms with Crippen molar-refractivity contribution in [2.75, 3.05) is 31.9 Å². The van der Waals surface area contributed by atoms with Crippen molar-refractivity contribution in [3.05, 3.63) is 0 Å². The molecule has 0 aliphatic carbocycles. The van der Waals surface area contributed by atoms with Crippen LogP contribution in [0.5, 0.6) is 0 Å². The summed E-state index contributed by atoms with van der Waals surface area (Å²) in [6, 6.07) is 0. The molecular weight excluding hydrogens is 286 g/mol. The summed E-state index contributed by atoms with van der Waals surface area (Å²) in [6.45, 7) is 14.8. The quantitative estimate of drug-likeness (QED) is 0.635. The zero-order valence-electron chi connectivity index (χ0n) is 14.4. The van der Waals surface area contributed by atoms with Crippen molar-refractivity contribution in [2.24, 2.45) is 10.4 Å². The third kappa shape index (κ3) is 5.16. The molecule has 0 aromatic rings.